The van der Waals surface area contributed by atoms with Crippen molar-refractivity contribution in [3.05, 3.63) is 60.2 Å². The lowest BCUT2D eigenvalue weighted by molar-refractivity contribution is 0.669. The number of nitrogen functional groups attached to an aromatic ring is 1. The predicted molar refractivity (Wildman–Crippen MR) is 112 cm³/mol. The van der Waals surface area contributed by atoms with Crippen molar-refractivity contribution < 1.29 is 4.42 Å². The van der Waals surface area contributed by atoms with Crippen molar-refractivity contribution in [2.45, 2.75) is 20.8 Å². The molecule has 4 aromatic rings. The third-order valence-electron chi connectivity index (χ3n) is 3.81. The number of hydrogen-bond donors (Lipinski definition) is 2. The van der Waals surface area contributed by atoms with Crippen LogP contribution in [0.1, 0.15) is 19.4 Å². The highest BCUT2D eigenvalue weighted by Crippen LogP contribution is 2.34. The summed E-state index contributed by atoms with van der Waals surface area (Å²) in [6.07, 6.45) is 1.69. The van der Waals surface area contributed by atoms with Gasteiger partial charge in [-0.1, -0.05) is 56.3 Å². The van der Waals surface area contributed by atoms with Crippen LogP contribution in [0.4, 0.5) is 5.82 Å². The maximum Gasteiger partial charge on any atom is 0.141 e. The highest BCUT2D eigenvalue weighted by molar-refractivity contribution is 7.79. The first kappa shape index (κ1) is 18.9. The van der Waals surface area contributed by atoms with Gasteiger partial charge in [-0.25, -0.2) is 4.98 Å². The molecule has 4 rings (SSSR count). The number of pyridine rings is 1. The average molecular weight is 353 g/mol. The summed E-state index contributed by atoms with van der Waals surface area (Å²) in [5, 5.41) is 1.90. The number of anilines is 1. The van der Waals surface area contributed by atoms with E-state index in [1.807, 2.05) is 62.4 Å². The molecule has 3 nitrogen and oxygen atoms in total. The Hall–Kier alpha value is -2.46. The first-order valence-corrected chi connectivity index (χ1v) is 9.22. The van der Waals surface area contributed by atoms with Crippen molar-refractivity contribution in [3.63, 3.8) is 0 Å². The first-order valence-electron chi connectivity index (χ1n) is 8.32. The minimum absolute atomic E-state index is 0.510. The minimum Gasteiger partial charge on any atom is -0.456 e. The number of furan rings is 1. The number of nitrogens with two attached hydrogens (primary N) is 1. The molecule has 0 unspecified atom stereocenters. The van der Waals surface area contributed by atoms with E-state index in [9.17, 15) is 0 Å². The quantitative estimate of drug-likeness (QED) is 0.406. The van der Waals surface area contributed by atoms with Crippen LogP contribution < -0.4 is 5.73 Å². The van der Waals surface area contributed by atoms with Crippen molar-refractivity contribution >= 4 is 40.4 Å². The number of benzene rings is 2. The van der Waals surface area contributed by atoms with Crippen molar-refractivity contribution in [2.24, 2.45) is 0 Å². The molecule has 2 N–H and O–H groups in total. The monoisotopic (exact) mass is 352 g/mol. The Morgan fingerprint density at radius 1 is 0.920 bits per heavy atom. The molecule has 25 heavy (non-hydrogen) atoms. The lowest BCUT2D eigenvalue weighted by Gasteiger charge is -2.06. The predicted octanol–water partition coefficient (Wildman–Crippen LogP) is 6.11. The second-order valence-electron chi connectivity index (χ2n) is 5.18. The summed E-state index contributed by atoms with van der Waals surface area (Å²) in [5.41, 5.74) is 10.9. The number of thiol groups is 1. The summed E-state index contributed by atoms with van der Waals surface area (Å²) in [6.45, 7) is 6.07. The number of aromatic nitrogens is 1. The highest BCUT2D eigenvalue weighted by atomic mass is 32.1. The third kappa shape index (κ3) is 3.64. The summed E-state index contributed by atoms with van der Waals surface area (Å²) >= 11 is 3.53. The van der Waals surface area contributed by atoms with E-state index in [4.69, 9.17) is 10.2 Å². The Morgan fingerprint density at radius 3 is 2.28 bits per heavy atom. The van der Waals surface area contributed by atoms with Gasteiger partial charge in [-0.05, 0) is 24.8 Å². The molecule has 0 aliphatic rings. The number of para-hydroxylation sites is 1. The molecule has 0 amide bonds. The fraction of sp³-hybridized carbons (Fsp3) is 0.190. The molecule has 0 atom stereocenters. The lowest BCUT2D eigenvalue weighted by Crippen LogP contribution is -1.94. The molecule has 0 bridgehead atoms. The van der Waals surface area contributed by atoms with E-state index in [1.54, 1.807) is 6.26 Å². The number of nitrogens with zero attached hydrogens (tertiary/aromatic N) is 1. The fourth-order valence-electron chi connectivity index (χ4n) is 2.77. The molecule has 0 spiro atoms. The first-order chi connectivity index (χ1) is 12.2. The zero-order chi connectivity index (χ0) is 18.4. The molecule has 0 fully saturated rings. The Bertz CT molecular complexity index is 976. The van der Waals surface area contributed by atoms with E-state index < -0.39 is 0 Å². The van der Waals surface area contributed by atoms with Crippen molar-refractivity contribution in [2.75, 3.05) is 12.0 Å². The lowest BCUT2D eigenvalue weighted by atomic mass is 10.0. The van der Waals surface area contributed by atoms with Gasteiger partial charge >= 0.3 is 0 Å². The molecule has 2 aromatic carbocycles. The second kappa shape index (κ2) is 8.58. The number of fused-ring (bicyclic) bond motifs is 3. The van der Waals surface area contributed by atoms with Crippen LogP contribution in [0.5, 0.6) is 0 Å². The van der Waals surface area contributed by atoms with E-state index in [-0.39, 0.29) is 0 Å². The molecule has 130 valence electrons. The maximum absolute atomic E-state index is 6.18. The molecule has 0 radical (unpaired) electrons. The van der Waals surface area contributed by atoms with Gasteiger partial charge in [-0.2, -0.15) is 12.6 Å². The Balaban J connectivity index is 0.000000528. The van der Waals surface area contributed by atoms with Crippen molar-refractivity contribution in [3.8, 4) is 11.3 Å². The van der Waals surface area contributed by atoms with Crippen LogP contribution in [-0.2, 0) is 0 Å². The van der Waals surface area contributed by atoms with Gasteiger partial charge in [0.05, 0.1) is 11.1 Å². The van der Waals surface area contributed by atoms with Crippen LogP contribution in [0.15, 0.2) is 59.0 Å². The Kier molecular flexibility index (Phi) is 6.48. The van der Waals surface area contributed by atoms with Crippen LogP contribution in [-0.4, -0.2) is 11.2 Å². The molecule has 4 heteroatoms. The standard InChI is InChI=1S/C18H14N2O.C2H6.CH4S/c1-11-6-2-3-7-12(11)14-10-16-17(18(19)20-14)13-8-4-5-9-15(13)21-16;2*1-2/h2-10H,1H3,(H2,19,20);1-2H3;2H,1H3. The number of rotatable bonds is 1. The van der Waals surface area contributed by atoms with Gasteiger partial charge in [0, 0.05) is 17.0 Å². The molecule has 2 heterocycles. The second-order valence-corrected chi connectivity index (χ2v) is 5.18. The van der Waals surface area contributed by atoms with Gasteiger partial charge in [0.15, 0.2) is 0 Å². The SMILES string of the molecule is CC.CS.Cc1ccccc1-c1cc2oc3ccccc3c2c(N)n1. The molecule has 0 aliphatic heterocycles. The average Bonchev–Trinajstić information content (AvgIpc) is 3.04. The van der Waals surface area contributed by atoms with Gasteiger partial charge in [0.25, 0.3) is 0 Å². The summed E-state index contributed by atoms with van der Waals surface area (Å²) in [5.74, 6) is 0.510. The van der Waals surface area contributed by atoms with Gasteiger partial charge in [0.1, 0.15) is 17.0 Å². The largest absolute Gasteiger partial charge is 0.456 e. The summed E-state index contributed by atoms with van der Waals surface area (Å²) < 4.78 is 5.92. The fourth-order valence-corrected chi connectivity index (χ4v) is 2.77. The molecule has 2 aromatic heterocycles. The van der Waals surface area contributed by atoms with Gasteiger partial charge in [-0.15, -0.1) is 0 Å². The van der Waals surface area contributed by atoms with E-state index in [2.05, 4.69) is 30.6 Å². The Labute approximate surface area is 154 Å². The third-order valence-corrected chi connectivity index (χ3v) is 3.81. The molecular weight excluding hydrogens is 328 g/mol. The molecule has 0 saturated heterocycles. The Morgan fingerprint density at radius 2 is 1.56 bits per heavy atom. The zero-order valence-corrected chi connectivity index (χ0v) is 16.0. The highest BCUT2D eigenvalue weighted by Gasteiger charge is 2.13. The van der Waals surface area contributed by atoms with Crippen LogP contribution in [0.2, 0.25) is 0 Å². The normalized spacial score (nSPS) is 9.96. The van der Waals surface area contributed by atoms with E-state index in [1.165, 1.54) is 5.56 Å². The van der Waals surface area contributed by atoms with Crippen LogP contribution in [0.3, 0.4) is 0 Å². The minimum atomic E-state index is 0.510. The molecule has 0 saturated carbocycles. The van der Waals surface area contributed by atoms with Gasteiger partial charge in [-0.3, -0.25) is 0 Å². The van der Waals surface area contributed by atoms with Crippen LogP contribution >= 0.6 is 12.6 Å². The smallest absolute Gasteiger partial charge is 0.141 e. The summed E-state index contributed by atoms with van der Waals surface area (Å²) in [6, 6.07) is 18.0. The van der Waals surface area contributed by atoms with E-state index in [0.717, 1.165) is 33.2 Å². The van der Waals surface area contributed by atoms with Crippen molar-refractivity contribution in [1.82, 2.24) is 4.98 Å². The number of hydrogen-bond acceptors (Lipinski definition) is 4. The van der Waals surface area contributed by atoms with Gasteiger partial charge < -0.3 is 10.2 Å². The maximum atomic E-state index is 6.18. The molecule has 0 aliphatic carbocycles. The van der Waals surface area contributed by atoms with E-state index in [0.29, 0.717) is 5.82 Å². The molecular formula is C21H24N2OS. The van der Waals surface area contributed by atoms with E-state index >= 15 is 0 Å². The van der Waals surface area contributed by atoms with Crippen molar-refractivity contribution in [1.29, 1.82) is 0 Å². The zero-order valence-electron chi connectivity index (χ0n) is 15.1. The summed E-state index contributed by atoms with van der Waals surface area (Å²) in [7, 11) is 0. The van der Waals surface area contributed by atoms with Gasteiger partial charge in [0.2, 0.25) is 0 Å². The van der Waals surface area contributed by atoms with Crippen LogP contribution in [0, 0.1) is 6.92 Å². The summed E-state index contributed by atoms with van der Waals surface area (Å²) in [4.78, 5) is 4.57. The number of aryl methyl sites for hydroxylation is 1. The topological polar surface area (TPSA) is 52.0 Å². The van der Waals surface area contributed by atoms with Crippen LogP contribution in [0.25, 0.3) is 33.2 Å².